The zero-order valence-corrected chi connectivity index (χ0v) is 48.9. The Morgan fingerprint density at radius 3 is 1.38 bits per heavy atom. The first-order chi connectivity index (χ1) is 37.2. The van der Waals surface area contributed by atoms with Gasteiger partial charge in [-0.1, -0.05) is 268 Å². The summed E-state index contributed by atoms with van der Waals surface area (Å²) in [4.78, 5) is 26.5. The molecular formula is C65H117NO10. The molecule has 0 spiro atoms. The van der Waals surface area contributed by atoms with Crippen LogP contribution in [0.4, 0.5) is 0 Å². The third kappa shape index (κ3) is 40.5. The maximum Gasteiger partial charge on any atom is 0.306 e. The van der Waals surface area contributed by atoms with Crippen LogP contribution in [0.15, 0.2) is 60.8 Å². The lowest BCUT2D eigenvalue weighted by molar-refractivity contribution is -0.305. The minimum atomic E-state index is -1.64. The third-order valence-corrected chi connectivity index (χ3v) is 14.7. The molecule has 76 heavy (non-hydrogen) atoms. The summed E-state index contributed by atoms with van der Waals surface area (Å²) < 4.78 is 17.6. The summed E-state index contributed by atoms with van der Waals surface area (Å²) >= 11 is 0. The van der Waals surface area contributed by atoms with Crippen LogP contribution in [0.1, 0.15) is 278 Å². The quantitative estimate of drug-likeness (QED) is 0.0195. The molecule has 1 aliphatic rings. The normalized spacial score (nSPS) is 19.5. The largest absolute Gasteiger partial charge is 0.454 e. The lowest BCUT2D eigenvalue weighted by Gasteiger charge is -2.41. The van der Waals surface area contributed by atoms with Crippen LogP contribution in [0, 0.1) is 0 Å². The molecule has 0 aromatic rings. The second-order valence-electron chi connectivity index (χ2n) is 21.8. The molecule has 1 heterocycles. The molecule has 1 saturated heterocycles. The second kappa shape index (κ2) is 53.0. The molecule has 0 aromatic carbocycles. The van der Waals surface area contributed by atoms with E-state index in [1.807, 2.05) is 12.2 Å². The minimum Gasteiger partial charge on any atom is -0.454 e. The molecule has 8 unspecified atom stereocenters. The fourth-order valence-electron chi connectivity index (χ4n) is 9.64. The molecule has 11 heteroatoms. The van der Waals surface area contributed by atoms with Crippen LogP contribution in [0.25, 0.3) is 0 Å². The van der Waals surface area contributed by atoms with Crippen molar-refractivity contribution in [3.8, 4) is 0 Å². The maximum absolute atomic E-state index is 13.4. The van der Waals surface area contributed by atoms with Gasteiger partial charge < -0.3 is 45.1 Å². The number of hydrogen-bond acceptors (Lipinski definition) is 10. The number of nitrogens with one attached hydrogen (secondary N) is 1. The van der Waals surface area contributed by atoms with E-state index in [2.05, 4.69) is 68.6 Å². The van der Waals surface area contributed by atoms with Gasteiger partial charge in [-0.2, -0.15) is 0 Å². The fourth-order valence-corrected chi connectivity index (χ4v) is 9.64. The average Bonchev–Trinajstić information content (AvgIpc) is 3.42. The van der Waals surface area contributed by atoms with Gasteiger partial charge in [0.1, 0.15) is 24.4 Å². The Kier molecular flexibility index (Phi) is 49.8. The molecule has 1 rings (SSSR count). The Balaban J connectivity index is 2.70. The van der Waals surface area contributed by atoms with Crippen molar-refractivity contribution < 1.29 is 49.3 Å². The predicted octanol–water partition coefficient (Wildman–Crippen LogP) is 15.0. The summed E-state index contributed by atoms with van der Waals surface area (Å²) in [6.07, 6.45) is 55.5. The van der Waals surface area contributed by atoms with E-state index in [1.54, 1.807) is 6.08 Å². The van der Waals surface area contributed by atoms with Crippen molar-refractivity contribution in [3.63, 3.8) is 0 Å². The van der Waals surface area contributed by atoms with Crippen molar-refractivity contribution in [2.75, 3.05) is 13.2 Å². The number of aliphatic hydroxyl groups is 5. The molecule has 0 bridgehead atoms. The highest BCUT2D eigenvalue weighted by molar-refractivity contribution is 5.80. The standard InChI is InChI=1S/C65H117NO10/c1-4-7-10-13-16-19-22-25-27-29-31-32-34-37-40-43-46-49-52-58(69)64(73)66-56(57(68)51-48-45-42-39-36-24-21-18-15-12-9-6-3)55-74-65-63(62(72)61(71)59(54-67)75-65)76-60(70)53-50-47-44-41-38-35-33-30-28-26-23-20-17-14-11-8-5-2/h17,20,26,28,33,35,41,44,48,51,56-59,61-63,65,67-69,71-72H,4-16,18-19,21-25,27,29-32,34,36-40,42-43,45-47,49-50,52-55H2,1-3H3,(H,66,73)/b20-17-,28-26-,35-33-,44-41-,51-48+. The van der Waals surface area contributed by atoms with E-state index in [1.165, 1.54) is 161 Å². The summed E-state index contributed by atoms with van der Waals surface area (Å²) in [6.45, 7) is 5.75. The molecule has 0 saturated carbocycles. The van der Waals surface area contributed by atoms with E-state index in [4.69, 9.17) is 14.2 Å². The van der Waals surface area contributed by atoms with Crippen LogP contribution in [0.2, 0.25) is 0 Å². The van der Waals surface area contributed by atoms with Crippen molar-refractivity contribution >= 4 is 11.9 Å². The van der Waals surface area contributed by atoms with Gasteiger partial charge in [-0.25, -0.2) is 0 Å². The van der Waals surface area contributed by atoms with Gasteiger partial charge in [0.2, 0.25) is 5.91 Å². The van der Waals surface area contributed by atoms with Crippen LogP contribution in [0.5, 0.6) is 0 Å². The van der Waals surface area contributed by atoms with Gasteiger partial charge in [-0.15, -0.1) is 0 Å². The van der Waals surface area contributed by atoms with Gasteiger partial charge >= 0.3 is 5.97 Å². The van der Waals surface area contributed by atoms with Gasteiger partial charge in [0.05, 0.1) is 25.4 Å². The molecule has 1 amide bonds. The number of carbonyl (C=O) groups excluding carboxylic acids is 2. The van der Waals surface area contributed by atoms with Crippen molar-refractivity contribution in [2.45, 2.75) is 327 Å². The average molecular weight is 1070 g/mol. The SMILES string of the molecule is CCCCC/C=C\C/C=C\C/C=C\C/C=C\CCCC(=O)OC1C(OCC(NC(=O)C(O)CCCCCCCCCCCCCCCCCCCC)C(O)/C=C/CCCCCCCCCCCC)OC(CO)C(O)C1O. The number of unbranched alkanes of at least 4 members (excludes halogenated alkanes) is 31. The zero-order chi connectivity index (χ0) is 55.4. The molecule has 8 atom stereocenters. The monoisotopic (exact) mass is 1070 g/mol. The molecule has 0 aliphatic carbocycles. The Morgan fingerprint density at radius 2 is 0.908 bits per heavy atom. The molecule has 0 aromatic heterocycles. The Labute approximate surface area is 465 Å². The van der Waals surface area contributed by atoms with Crippen LogP contribution < -0.4 is 5.32 Å². The first-order valence-electron chi connectivity index (χ1n) is 31.6. The fraction of sp³-hybridized carbons (Fsp3) is 0.815. The third-order valence-electron chi connectivity index (χ3n) is 14.7. The second-order valence-corrected chi connectivity index (χ2v) is 21.8. The van der Waals surface area contributed by atoms with Gasteiger partial charge in [0.25, 0.3) is 0 Å². The molecule has 1 aliphatic heterocycles. The zero-order valence-electron chi connectivity index (χ0n) is 48.9. The van der Waals surface area contributed by atoms with Crippen LogP contribution >= 0.6 is 0 Å². The van der Waals surface area contributed by atoms with Crippen LogP contribution in [-0.4, -0.2) is 99.6 Å². The van der Waals surface area contributed by atoms with Crippen LogP contribution in [-0.2, 0) is 23.8 Å². The molecule has 0 radical (unpaired) electrons. The molecular weight excluding hydrogens is 955 g/mol. The van der Waals surface area contributed by atoms with E-state index < -0.39 is 67.4 Å². The molecule has 11 nitrogen and oxygen atoms in total. The topological polar surface area (TPSA) is 175 Å². The summed E-state index contributed by atoms with van der Waals surface area (Å²) in [6, 6.07) is -1.03. The number of rotatable bonds is 53. The number of ether oxygens (including phenoxy) is 3. The van der Waals surface area contributed by atoms with E-state index >= 15 is 0 Å². The molecule has 442 valence electrons. The highest BCUT2D eigenvalue weighted by Crippen LogP contribution is 2.26. The van der Waals surface area contributed by atoms with Crippen molar-refractivity contribution in [1.82, 2.24) is 5.32 Å². The highest BCUT2D eigenvalue weighted by atomic mass is 16.7. The Morgan fingerprint density at radius 1 is 0.513 bits per heavy atom. The Hall–Kier alpha value is -2.64. The lowest BCUT2D eigenvalue weighted by Crippen LogP contribution is -2.61. The van der Waals surface area contributed by atoms with Crippen molar-refractivity contribution in [2.24, 2.45) is 0 Å². The molecule has 6 N–H and O–H groups in total. The number of aliphatic hydroxyl groups excluding tert-OH is 5. The lowest BCUT2D eigenvalue weighted by atomic mass is 9.99. The maximum atomic E-state index is 13.4. The first kappa shape index (κ1) is 71.4. The van der Waals surface area contributed by atoms with E-state index in [-0.39, 0.29) is 19.4 Å². The van der Waals surface area contributed by atoms with E-state index in [9.17, 15) is 35.1 Å². The van der Waals surface area contributed by atoms with Gasteiger partial charge in [-0.05, 0) is 64.2 Å². The summed E-state index contributed by atoms with van der Waals surface area (Å²) in [5.74, 6) is -1.25. The molecule has 1 fully saturated rings. The van der Waals surface area contributed by atoms with Gasteiger partial charge in [0.15, 0.2) is 12.4 Å². The van der Waals surface area contributed by atoms with Gasteiger partial charge in [-0.3, -0.25) is 9.59 Å². The minimum absolute atomic E-state index is 0.0477. The Bertz CT molecular complexity index is 1460. The van der Waals surface area contributed by atoms with Crippen molar-refractivity contribution in [3.05, 3.63) is 60.8 Å². The van der Waals surface area contributed by atoms with E-state index in [0.29, 0.717) is 19.3 Å². The number of esters is 1. The number of hydrogen-bond donors (Lipinski definition) is 6. The summed E-state index contributed by atoms with van der Waals surface area (Å²) in [5, 5.41) is 57.0. The van der Waals surface area contributed by atoms with Gasteiger partial charge in [0, 0.05) is 6.42 Å². The number of allylic oxidation sites excluding steroid dienone is 9. The summed E-state index contributed by atoms with van der Waals surface area (Å²) in [5.41, 5.74) is 0. The smallest absolute Gasteiger partial charge is 0.306 e. The van der Waals surface area contributed by atoms with E-state index in [0.717, 1.165) is 64.2 Å². The highest BCUT2D eigenvalue weighted by Gasteiger charge is 2.47. The predicted molar refractivity (Wildman–Crippen MR) is 315 cm³/mol. The van der Waals surface area contributed by atoms with Crippen molar-refractivity contribution in [1.29, 1.82) is 0 Å². The number of amides is 1. The summed E-state index contributed by atoms with van der Waals surface area (Å²) in [7, 11) is 0. The first-order valence-corrected chi connectivity index (χ1v) is 31.6. The van der Waals surface area contributed by atoms with Crippen LogP contribution in [0.3, 0.4) is 0 Å². The number of carbonyl (C=O) groups is 2.